The molecule has 4 nitrogen and oxygen atoms in total. The zero-order valence-corrected chi connectivity index (χ0v) is 11.9. The van der Waals surface area contributed by atoms with Gasteiger partial charge in [0.25, 0.3) is 0 Å². The van der Waals surface area contributed by atoms with Gasteiger partial charge < -0.3 is 9.64 Å². The average molecular weight is 288 g/mol. The van der Waals surface area contributed by atoms with Gasteiger partial charge in [-0.3, -0.25) is 4.98 Å². The Bertz CT molecular complexity index is 583. The lowest BCUT2D eigenvalue weighted by Crippen LogP contribution is -2.36. The van der Waals surface area contributed by atoms with E-state index in [2.05, 4.69) is 16.4 Å². The minimum absolute atomic E-state index is 0.210. The van der Waals surface area contributed by atoms with Crippen LogP contribution in [0, 0.1) is 0 Å². The molecule has 0 fully saturated rings. The van der Waals surface area contributed by atoms with Crippen LogP contribution < -0.4 is 0 Å². The van der Waals surface area contributed by atoms with E-state index < -0.39 is 0 Å². The zero-order chi connectivity index (χ0) is 13.8. The van der Waals surface area contributed by atoms with Gasteiger partial charge in [-0.15, -0.1) is 11.3 Å². The summed E-state index contributed by atoms with van der Waals surface area (Å²) >= 11 is 1.71. The Balaban J connectivity index is 1.48. The number of carbonyl (C=O) groups excluding carboxylic acids is 1. The van der Waals surface area contributed by atoms with Gasteiger partial charge in [0.1, 0.15) is 0 Å². The predicted octanol–water partition coefficient (Wildman–Crippen LogP) is 2.88. The topological polar surface area (TPSA) is 42.4 Å². The number of hydrogen-bond donors (Lipinski definition) is 0. The van der Waals surface area contributed by atoms with Gasteiger partial charge in [-0.05, 0) is 41.1 Å². The van der Waals surface area contributed by atoms with Crippen molar-refractivity contribution in [2.75, 3.05) is 13.2 Å². The summed E-state index contributed by atoms with van der Waals surface area (Å²) in [5.41, 5.74) is 2.50. The largest absolute Gasteiger partial charge is 0.449 e. The first kappa shape index (κ1) is 13.1. The number of amides is 1. The molecule has 1 amide bonds. The van der Waals surface area contributed by atoms with E-state index >= 15 is 0 Å². The summed E-state index contributed by atoms with van der Waals surface area (Å²) in [5, 5.41) is 2.09. The third-order valence-corrected chi connectivity index (χ3v) is 4.40. The van der Waals surface area contributed by atoms with Crippen molar-refractivity contribution in [2.45, 2.75) is 19.4 Å². The molecule has 0 saturated heterocycles. The first-order chi connectivity index (χ1) is 9.83. The summed E-state index contributed by atoms with van der Waals surface area (Å²) in [4.78, 5) is 19.0. The van der Waals surface area contributed by atoms with Crippen LogP contribution in [0.5, 0.6) is 0 Å². The SMILES string of the molecule is O=C(OCCc1ccncc1)N1CCc2ccsc2C1. The van der Waals surface area contributed by atoms with Crippen molar-refractivity contribution in [3.8, 4) is 0 Å². The van der Waals surface area contributed by atoms with Gasteiger partial charge in [-0.25, -0.2) is 4.79 Å². The van der Waals surface area contributed by atoms with E-state index in [9.17, 15) is 4.79 Å². The molecule has 104 valence electrons. The minimum Gasteiger partial charge on any atom is -0.449 e. The predicted molar refractivity (Wildman–Crippen MR) is 77.7 cm³/mol. The molecular weight excluding hydrogens is 272 g/mol. The molecule has 1 aliphatic heterocycles. The number of rotatable bonds is 3. The molecule has 0 aliphatic carbocycles. The number of pyridine rings is 1. The molecule has 2 aromatic heterocycles. The van der Waals surface area contributed by atoms with E-state index in [1.54, 1.807) is 28.6 Å². The van der Waals surface area contributed by atoms with Crippen LogP contribution >= 0.6 is 11.3 Å². The lowest BCUT2D eigenvalue weighted by atomic mass is 10.1. The van der Waals surface area contributed by atoms with Crippen LogP contribution in [0.4, 0.5) is 4.79 Å². The van der Waals surface area contributed by atoms with Crippen molar-refractivity contribution in [1.29, 1.82) is 0 Å². The Morgan fingerprint density at radius 2 is 2.20 bits per heavy atom. The molecule has 1 aliphatic rings. The Labute approximate surface area is 122 Å². The fourth-order valence-electron chi connectivity index (χ4n) is 2.29. The summed E-state index contributed by atoms with van der Waals surface area (Å²) in [5.74, 6) is 0. The second-order valence-corrected chi connectivity index (χ2v) is 5.76. The normalized spacial score (nSPS) is 13.9. The number of ether oxygens (including phenoxy) is 1. The summed E-state index contributed by atoms with van der Waals surface area (Å²) in [6.45, 7) is 1.84. The fourth-order valence-corrected chi connectivity index (χ4v) is 3.24. The molecule has 20 heavy (non-hydrogen) atoms. The van der Waals surface area contributed by atoms with Crippen LogP contribution in [0.25, 0.3) is 0 Å². The molecule has 2 aromatic rings. The second kappa shape index (κ2) is 6.05. The lowest BCUT2D eigenvalue weighted by Gasteiger charge is -2.26. The van der Waals surface area contributed by atoms with E-state index in [-0.39, 0.29) is 6.09 Å². The van der Waals surface area contributed by atoms with Gasteiger partial charge in [0.2, 0.25) is 0 Å². The van der Waals surface area contributed by atoms with E-state index in [1.165, 1.54) is 10.4 Å². The number of carbonyl (C=O) groups is 1. The third kappa shape index (κ3) is 2.99. The molecule has 0 atom stereocenters. The first-order valence-electron chi connectivity index (χ1n) is 6.69. The molecular formula is C15H16N2O2S. The number of nitrogens with zero attached hydrogens (tertiary/aromatic N) is 2. The summed E-state index contributed by atoms with van der Waals surface area (Å²) < 4.78 is 5.35. The molecule has 0 N–H and O–H groups in total. The van der Waals surface area contributed by atoms with Crippen molar-refractivity contribution in [3.63, 3.8) is 0 Å². The maximum absolute atomic E-state index is 12.0. The average Bonchev–Trinajstić information content (AvgIpc) is 2.95. The molecule has 0 spiro atoms. The smallest absolute Gasteiger partial charge is 0.410 e. The van der Waals surface area contributed by atoms with Crippen molar-refractivity contribution < 1.29 is 9.53 Å². The van der Waals surface area contributed by atoms with Crippen molar-refractivity contribution >= 4 is 17.4 Å². The summed E-state index contributed by atoms with van der Waals surface area (Å²) in [6, 6.07) is 6.02. The Morgan fingerprint density at radius 3 is 3.05 bits per heavy atom. The third-order valence-electron chi connectivity index (χ3n) is 3.45. The Kier molecular flexibility index (Phi) is 3.97. The van der Waals surface area contributed by atoms with Crippen LogP contribution in [0.1, 0.15) is 16.0 Å². The van der Waals surface area contributed by atoms with Crippen molar-refractivity contribution in [3.05, 3.63) is 52.0 Å². The molecule has 3 heterocycles. The standard InChI is InChI=1S/C15H16N2O2S/c18-15(19-9-4-12-1-6-16-7-2-12)17-8-3-13-5-10-20-14(13)11-17/h1-2,5-7,10H,3-4,8-9,11H2. The molecule has 0 unspecified atom stereocenters. The molecule has 0 bridgehead atoms. The molecule has 0 radical (unpaired) electrons. The van der Waals surface area contributed by atoms with E-state index in [0.717, 1.165) is 24.9 Å². The fraction of sp³-hybridized carbons (Fsp3) is 0.333. The van der Waals surface area contributed by atoms with Gasteiger partial charge >= 0.3 is 6.09 Å². The first-order valence-corrected chi connectivity index (χ1v) is 7.57. The van der Waals surface area contributed by atoms with Crippen molar-refractivity contribution in [2.24, 2.45) is 0 Å². The van der Waals surface area contributed by atoms with E-state index in [1.807, 2.05) is 12.1 Å². The molecule has 5 heteroatoms. The highest BCUT2D eigenvalue weighted by molar-refractivity contribution is 7.10. The lowest BCUT2D eigenvalue weighted by molar-refractivity contribution is 0.0993. The number of thiophene rings is 1. The van der Waals surface area contributed by atoms with Gasteiger partial charge in [0, 0.05) is 30.2 Å². The van der Waals surface area contributed by atoms with Crippen LogP contribution in [0.2, 0.25) is 0 Å². The monoisotopic (exact) mass is 288 g/mol. The molecule has 0 saturated carbocycles. The van der Waals surface area contributed by atoms with Crippen molar-refractivity contribution in [1.82, 2.24) is 9.88 Å². The van der Waals surface area contributed by atoms with Gasteiger partial charge in [0.05, 0.1) is 13.2 Å². The Hall–Kier alpha value is -1.88. The highest BCUT2D eigenvalue weighted by Gasteiger charge is 2.22. The van der Waals surface area contributed by atoms with Crippen LogP contribution in [0.3, 0.4) is 0 Å². The van der Waals surface area contributed by atoms with Crippen LogP contribution in [0.15, 0.2) is 36.0 Å². The summed E-state index contributed by atoms with van der Waals surface area (Å²) in [6.07, 6.45) is 4.95. The second-order valence-electron chi connectivity index (χ2n) is 4.76. The summed E-state index contributed by atoms with van der Waals surface area (Å²) in [7, 11) is 0. The number of aromatic nitrogens is 1. The minimum atomic E-state index is -0.210. The highest BCUT2D eigenvalue weighted by atomic mass is 32.1. The zero-order valence-electron chi connectivity index (χ0n) is 11.1. The van der Waals surface area contributed by atoms with E-state index in [0.29, 0.717) is 13.2 Å². The number of fused-ring (bicyclic) bond motifs is 1. The number of hydrogen-bond acceptors (Lipinski definition) is 4. The van der Waals surface area contributed by atoms with Gasteiger partial charge in [0.15, 0.2) is 0 Å². The van der Waals surface area contributed by atoms with Crippen LogP contribution in [-0.4, -0.2) is 29.1 Å². The van der Waals surface area contributed by atoms with E-state index in [4.69, 9.17) is 4.74 Å². The highest BCUT2D eigenvalue weighted by Crippen LogP contribution is 2.24. The Morgan fingerprint density at radius 1 is 1.35 bits per heavy atom. The quantitative estimate of drug-likeness (QED) is 0.872. The molecule has 3 rings (SSSR count). The maximum Gasteiger partial charge on any atom is 0.410 e. The molecule has 0 aromatic carbocycles. The van der Waals surface area contributed by atoms with Gasteiger partial charge in [-0.2, -0.15) is 0 Å². The van der Waals surface area contributed by atoms with Crippen LogP contribution in [-0.2, 0) is 24.1 Å². The maximum atomic E-state index is 12.0. The van der Waals surface area contributed by atoms with Gasteiger partial charge in [-0.1, -0.05) is 0 Å².